The summed E-state index contributed by atoms with van der Waals surface area (Å²) < 4.78 is 1.02. The molecule has 1 aromatic carbocycles. The smallest absolute Gasteiger partial charge is 0.174 e. The van der Waals surface area contributed by atoms with Gasteiger partial charge in [0.2, 0.25) is 0 Å². The zero-order chi connectivity index (χ0) is 13.7. The van der Waals surface area contributed by atoms with E-state index in [0.717, 1.165) is 28.7 Å². The van der Waals surface area contributed by atoms with E-state index in [4.69, 9.17) is 0 Å². The highest BCUT2D eigenvalue weighted by Gasteiger charge is 2.08. The first-order valence-electron chi connectivity index (χ1n) is 6.49. The highest BCUT2D eigenvalue weighted by molar-refractivity contribution is 8.00. The molecule has 0 aliphatic carbocycles. The molecule has 3 nitrogen and oxygen atoms in total. The Morgan fingerprint density at radius 1 is 1.16 bits per heavy atom. The third-order valence-corrected chi connectivity index (χ3v) is 4.94. The minimum Gasteiger partial charge on any atom is -0.378 e. The first kappa shape index (κ1) is 14.3. The van der Waals surface area contributed by atoms with Gasteiger partial charge in [-0.25, -0.2) is 0 Å². The molecule has 0 aliphatic heterocycles. The van der Waals surface area contributed by atoms with E-state index in [1.807, 2.05) is 6.26 Å². The Balaban J connectivity index is 2.13. The third-order valence-electron chi connectivity index (χ3n) is 3.04. The van der Waals surface area contributed by atoms with Gasteiger partial charge in [0.15, 0.2) is 4.34 Å². The van der Waals surface area contributed by atoms with Crippen LogP contribution in [0.4, 0.5) is 5.69 Å². The Morgan fingerprint density at radius 3 is 2.37 bits per heavy atom. The van der Waals surface area contributed by atoms with E-state index in [9.17, 15) is 0 Å². The van der Waals surface area contributed by atoms with Crippen molar-refractivity contribution in [2.24, 2.45) is 0 Å². The number of hydrogen-bond donors (Lipinski definition) is 1. The second-order valence-electron chi connectivity index (χ2n) is 4.18. The Bertz CT molecular complexity index is 515. The van der Waals surface area contributed by atoms with Crippen LogP contribution in [0, 0.1) is 0 Å². The second-order valence-corrected chi connectivity index (χ2v) is 6.29. The molecule has 2 rings (SSSR count). The Hall–Kier alpha value is -1.07. The molecule has 0 radical (unpaired) electrons. The maximum absolute atomic E-state index is 4.20. The maximum atomic E-state index is 4.20. The van der Waals surface area contributed by atoms with E-state index in [-0.39, 0.29) is 0 Å². The molecular formula is C14H19N3S2. The van der Waals surface area contributed by atoms with Gasteiger partial charge >= 0.3 is 0 Å². The van der Waals surface area contributed by atoms with Crippen molar-refractivity contribution < 1.29 is 0 Å². The van der Waals surface area contributed by atoms with Crippen molar-refractivity contribution in [3.63, 3.8) is 0 Å². The molecule has 0 unspecified atom stereocenters. The van der Waals surface area contributed by atoms with Gasteiger partial charge in [0, 0.05) is 5.69 Å². The summed E-state index contributed by atoms with van der Waals surface area (Å²) in [7, 11) is 0. The molecule has 0 amide bonds. The van der Waals surface area contributed by atoms with Gasteiger partial charge < -0.3 is 5.32 Å². The Kier molecular flexibility index (Phi) is 5.22. The van der Waals surface area contributed by atoms with Gasteiger partial charge in [-0.15, -0.1) is 10.2 Å². The fourth-order valence-electron chi connectivity index (χ4n) is 2.03. The van der Waals surface area contributed by atoms with Crippen LogP contribution in [0.15, 0.2) is 22.5 Å². The molecular weight excluding hydrogens is 274 g/mol. The summed E-state index contributed by atoms with van der Waals surface area (Å²) in [5.41, 5.74) is 4.01. The number of aryl methyl sites for hydroxylation is 2. The van der Waals surface area contributed by atoms with Crippen molar-refractivity contribution in [1.82, 2.24) is 10.2 Å². The summed E-state index contributed by atoms with van der Waals surface area (Å²) in [4.78, 5) is 0. The number of benzene rings is 1. The number of nitrogens with one attached hydrogen (secondary N) is 1. The average Bonchev–Trinajstić information content (AvgIpc) is 2.92. The van der Waals surface area contributed by atoms with Crippen LogP contribution >= 0.6 is 23.1 Å². The average molecular weight is 293 g/mol. The first-order valence-corrected chi connectivity index (χ1v) is 8.53. The zero-order valence-corrected chi connectivity index (χ0v) is 13.2. The molecule has 1 heterocycles. The van der Waals surface area contributed by atoms with E-state index >= 15 is 0 Å². The van der Waals surface area contributed by atoms with E-state index in [2.05, 4.69) is 47.6 Å². The van der Waals surface area contributed by atoms with Crippen LogP contribution in [0.1, 0.15) is 30.0 Å². The number of thioether (sulfide) groups is 1. The number of anilines is 1. The molecule has 5 heteroatoms. The monoisotopic (exact) mass is 293 g/mol. The van der Waals surface area contributed by atoms with Crippen LogP contribution in [-0.2, 0) is 19.4 Å². The van der Waals surface area contributed by atoms with E-state index in [1.54, 1.807) is 23.1 Å². The standard InChI is InChI=1S/C14H19N3S2/c1-4-10-7-6-8-11(5-2)13(10)15-9-12-16-17-14(18-3)19-12/h6-8,15H,4-5,9H2,1-3H3. The van der Waals surface area contributed by atoms with Crippen molar-refractivity contribution in [3.8, 4) is 0 Å². The fourth-order valence-corrected chi connectivity index (χ4v) is 3.28. The van der Waals surface area contributed by atoms with Crippen LogP contribution in [0.2, 0.25) is 0 Å². The lowest BCUT2D eigenvalue weighted by Gasteiger charge is -2.14. The van der Waals surface area contributed by atoms with Crippen LogP contribution < -0.4 is 5.32 Å². The Labute approximate surface area is 122 Å². The van der Waals surface area contributed by atoms with Crippen molar-refractivity contribution in [3.05, 3.63) is 34.3 Å². The molecule has 0 bridgehead atoms. The number of nitrogens with zero attached hydrogens (tertiary/aromatic N) is 2. The molecule has 0 aliphatic rings. The van der Waals surface area contributed by atoms with Crippen molar-refractivity contribution in [2.75, 3.05) is 11.6 Å². The summed E-state index contributed by atoms with van der Waals surface area (Å²) >= 11 is 3.30. The largest absolute Gasteiger partial charge is 0.378 e. The SMILES string of the molecule is CCc1cccc(CC)c1NCc1nnc(SC)s1. The summed E-state index contributed by atoms with van der Waals surface area (Å²) in [6, 6.07) is 6.52. The van der Waals surface area contributed by atoms with Gasteiger partial charge in [-0.3, -0.25) is 0 Å². The van der Waals surface area contributed by atoms with Gasteiger partial charge in [0.05, 0.1) is 6.54 Å². The van der Waals surface area contributed by atoms with Gasteiger partial charge in [-0.2, -0.15) is 0 Å². The normalized spacial score (nSPS) is 10.7. The summed E-state index contributed by atoms with van der Waals surface area (Å²) in [5.74, 6) is 0. The minimum atomic E-state index is 0.752. The predicted molar refractivity (Wildman–Crippen MR) is 84.2 cm³/mol. The maximum Gasteiger partial charge on any atom is 0.174 e. The molecule has 1 aromatic heterocycles. The quantitative estimate of drug-likeness (QED) is 0.817. The molecule has 1 N–H and O–H groups in total. The van der Waals surface area contributed by atoms with Crippen LogP contribution in [-0.4, -0.2) is 16.5 Å². The molecule has 0 saturated carbocycles. The van der Waals surface area contributed by atoms with Gasteiger partial charge in [-0.05, 0) is 30.2 Å². The summed E-state index contributed by atoms with van der Waals surface area (Å²) in [5, 5.41) is 12.9. The molecule has 19 heavy (non-hydrogen) atoms. The Morgan fingerprint density at radius 2 is 1.84 bits per heavy atom. The topological polar surface area (TPSA) is 37.8 Å². The number of rotatable bonds is 6. The number of hydrogen-bond acceptors (Lipinski definition) is 5. The summed E-state index contributed by atoms with van der Waals surface area (Å²) in [6.07, 6.45) is 4.12. The molecule has 0 spiro atoms. The van der Waals surface area contributed by atoms with Crippen molar-refractivity contribution in [1.29, 1.82) is 0 Å². The predicted octanol–water partition coefficient (Wildman–Crippen LogP) is 4.00. The summed E-state index contributed by atoms with van der Waals surface area (Å²) in [6.45, 7) is 5.13. The van der Waals surface area contributed by atoms with Crippen LogP contribution in [0.5, 0.6) is 0 Å². The van der Waals surface area contributed by atoms with Gasteiger partial charge in [0.25, 0.3) is 0 Å². The number of para-hydroxylation sites is 1. The first-order chi connectivity index (χ1) is 9.28. The van der Waals surface area contributed by atoms with E-state index < -0.39 is 0 Å². The second kappa shape index (κ2) is 6.91. The lowest BCUT2D eigenvalue weighted by molar-refractivity contribution is 0.943. The zero-order valence-electron chi connectivity index (χ0n) is 11.6. The molecule has 102 valence electrons. The highest BCUT2D eigenvalue weighted by atomic mass is 32.2. The fraction of sp³-hybridized carbons (Fsp3) is 0.429. The van der Waals surface area contributed by atoms with Crippen LogP contribution in [0.3, 0.4) is 0 Å². The highest BCUT2D eigenvalue weighted by Crippen LogP contribution is 2.25. The van der Waals surface area contributed by atoms with Crippen molar-refractivity contribution >= 4 is 28.8 Å². The number of aromatic nitrogens is 2. The lowest BCUT2D eigenvalue weighted by Crippen LogP contribution is -2.05. The van der Waals surface area contributed by atoms with Crippen molar-refractivity contribution in [2.45, 2.75) is 37.6 Å². The lowest BCUT2D eigenvalue weighted by atomic mass is 10.0. The van der Waals surface area contributed by atoms with Crippen LogP contribution in [0.25, 0.3) is 0 Å². The molecule has 0 fully saturated rings. The minimum absolute atomic E-state index is 0.752. The third kappa shape index (κ3) is 3.48. The van der Waals surface area contributed by atoms with E-state index in [0.29, 0.717) is 0 Å². The van der Waals surface area contributed by atoms with Gasteiger partial charge in [0.1, 0.15) is 5.01 Å². The molecule has 0 atom stereocenters. The van der Waals surface area contributed by atoms with E-state index in [1.165, 1.54) is 16.8 Å². The molecule has 2 aromatic rings. The van der Waals surface area contributed by atoms with Gasteiger partial charge in [-0.1, -0.05) is 55.1 Å². The molecule has 0 saturated heterocycles.